The quantitative estimate of drug-likeness (QED) is 0.548. The molecular weight excluding hydrogens is 368 g/mol. The minimum absolute atomic E-state index is 0.00592. The minimum Gasteiger partial charge on any atom is -0.373 e. The van der Waals surface area contributed by atoms with Crippen molar-refractivity contribution in [1.29, 1.82) is 0 Å². The lowest BCUT2D eigenvalue weighted by atomic mass is 9.99. The molecule has 1 aromatic carbocycles. The molecule has 0 radical (unpaired) electrons. The summed E-state index contributed by atoms with van der Waals surface area (Å²) >= 11 is 0. The number of hydrogen-bond acceptors (Lipinski definition) is 7. The largest absolute Gasteiger partial charge is 0.373 e. The SMILES string of the molecule is C=CC(=O)Cc1ccc(CCNC(=O)C2CN(c3cc(NC)nc(N)n3)C2)cc1. The van der Waals surface area contributed by atoms with E-state index in [1.165, 1.54) is 6.08 Å². The number of carbonyl (C=O) groups excluding carboxylic acids is 2. The fraction of sp³-hybridized carbons (Fsp3) is 0.333. The Balaban J connectivity index is 1.41. The van der Waals surface area contributed by atoms with Gasteiger partial charge in [-0.2, -0.15) is 9.97 Å². The number of amides is 1. The number of nitrogen functional groups attached to an aromatic ring is 1. The average Bonchev–Trinajstić information content (AvgIpc) is 2.67. The van der Waals surface area contributed by atoms with Crippen molar-refractivity contribution < 1.29 is 9.59 Å². The van der Waals surface area contributed by atoms with E-state index >= 15 is 0 Å². The number of nitrogens with one attached hydrogen (secondary N) is 2. The Bertz CT molecular complexity index is 891. The lowest BCUT2D eigenvalue weighted by Gasteiger charge is -2.39. The summed E-state index contributed by atoms with van der Waals surface area (Å²) in [6, 6.07) is 9.67. The van der Waals surface area contributed by atoms with E-state index in [2.05, 4.69) is 27.2 Å². The fourth-order valence-electron chi connectivity index (χ4n) is 3.15. The number of nitrogens with two attached hydrogens (primary N) is 1. The zero-order chi connectivity index (χ0) is 20.8. The molecule has 2 heterocycles. The molecule has 0 bridgehead atoms. The topological polar surface area (TPSA) is 113 Å². The van der Waals surface area contributed by atoms with Crippen LogP contribution in [0, 0.1) is 5.92 Å². The van der Waals surface area contributed by atoms with Crippen molar-refractivity contribution in [2.24, 2.45) is 5.92 Å². The summed E-state index contributed by atoms with van der Waals surface area (Å²) in [6.07, 6.45) is 2.45. The summed E-state index contributed by atoms with van der Waals surface area (Å²) < 4.78 is 0. The highest BCUT2D eigenvalue weighted by Gasteiger charge is 2.33. The van der Waals surface area contributed by atoms with Gasteiger partial charge in [0, 0.05) is 39.2 Å². The van der Waals surface area contributed by atoms with E-state index in [1.807, 2.05) is 35.2 Å². The summed E-state index contributed by atoms with van der Waals surface area (Å²) in [7, 11) is 1.77. The molecule has 1 fully saturated rings. The van der Waals surface area contributed by atoms with E-state index in [9.17, 15) is 9.59 Å². The van der Waals surface area contributed by atoms with Crippen molar-refractivity contribution in [2.75, 3.05) is 42.6 Å². The second-order valence-electron chi connectivity index (χ2n) is 7.03. The number of carbonyl (C=O) groups is 2. The Kier molecular flexibility index (Phi) is 6.43. The van der Waals surface area contributed by atoms with Gasteiger partial charge in [0.25, 0.3) is 0 Å². The normalized spacial score (nSPS) is 13.5. The van der Waals surface area contributed by atoms with Crippen LogP contribution in [-0.2, 0) is 22.4 Å². The highest BCUT2D eigenvalue weighted by Crippen LogP contribution is 2.25. The van der Waals surface area contributed by atoms with Crippen LogP contribution in [-0.4, -0.2) is 48.3 Å². The maximum atomic E-state index is 12.3. The highest BCUT2D eigenvalue weighted by atomic mass is 16.2. The van der Waals surface area contributed by atoms with Crippen molar-refractivity contribution in [3.63, 3.8) is 0 Å². The summed E-state index contributed by atoms with van der Waals surface area (Å²) in [5.74, 6) is 1.58. The fourth-order valence-corrected chi connectivity index (χ4v) is 3.15. The van der Waals surface area contributed by atoms with E-state index in [0.29, 0.717) is 31.9 Å². The van der Waals surface area contributed by atoms with Crippen molar-refractivity contribution in [3.8, 4) is 0 Å². The van der Waals surface area contributed by atoms with Crippen molar-refractivity contribution in [1.82, 2.24) is 15.3 Å². The first-order valence-electron chi connectivity index (χ1n) is 9.56. The minimum atomic E-state index is -0.0588. The summed E-state index contributed by atoms with van der Waals surface area (Å²) in [5, 5.41) is 5.94. The molecule has 4 N–H and O–H groups in total. The summed E-state index contributed by atoms with van der Waals surface area (Å²) in [4.78, 5) is 34.0. The molecule has 0 atom stereocenters. The third kappa shape index (κ3) is 5.31. The smallest absolute Gasteiger partial charge is 0.226 e. The molecular formula is C21H26N6O2. The molecule has 0 saturated carbocycles. The first-order valence-corrected chi connectivity index (χ1v) is 9.56. The summed E-state index contributed by atoms with van der Waals surface area (Å²) in [6.45, 7) is 5.27. The van der Waals surface area contributed by atoms with Gasteiger partial charge in [-0.3, -0.25) is 9.59 Å². The maximum absolute atomic E-state index is 12.3. The lowest BCUT2D eigenvalue weighted by Crippen LogP contribution is -2.54. The molecule has 152 valence electrons. The Morgan fingerprint density at radius 1 is 1.24 bits per heavy atom. The number of benzene rings is 1. The first kappa shape index (κ1) is 20.3. The molecule has 1 aliphatic rings. The number of aromatic nitrogens is 2. The van der Waals surface area contributed by atoms with Gasteiger partial charge in [-0.1, -0.05) is 30.8 Å². The lowest BCUT2D eigenvalue weighted by molar-refractivity contribution is -0.125. The van der Waals surface area contributed by atoms with E-state index < -0.39 is 0 Å². The van der Waals surface area contributed by atoms with Crippen LogP contribution in [0.2, 0.25) is 0 Å². The summed E-state index contributed by atoms with van der Waals surface area (Å²) in [5.41, 5.74) is 7.80. The molecule has 2 aromatic rings. The Hall–Kier alpha value is -3.42. The van der Waals surface area contributed by atoms with Gasteiger partial charge in [-0.15, -0.1) is 0 Å². The zero-order valence-corrected chi connectivity index (χ0v) is 16.5. The molecule has 3 rings (SSSR count). The van der Waals surface area contributed by atoms with Crippen molar-refractivity contribution in [3.05, 3.63) is 54.1 Å². The van der Waals surface area contributed by atoms with Crippen LogP contribution in [0.5, 0.6) is 0 Å². The maximum Gasteiger partial charge on any atom is 0.226 e. The van der Waals surface area contributed by atoms with E-state index in [4.69, 9.17) is 5.73 Å². The highest BCUT2D eigenvalue weighted by molar-refractivity contribution is 5.90. The van der Waals surface area contributed by atoms with Crippen LogP contribution in [0.15, 0.2) is 43.0 Å². The van der Waals surface area contributed by atoms with Gasteiger partial charge in [0.1, 0.15) is 11.6 Å². The number of allylic oxidation sites excluding steroid dienone is 1. The molecule has 1 amide bonds. The average molecular weight is 394 g/mol. The standard InChI is InChI=1S/C21H26N6O2/c1-3-17(28)10-15-6-4-14(5-7-15)8-9-24-20(29)16-12-27(13-16)19-11-18(23-2)25-21(22)26-19/h3-7,11,16H,1,8-10,12-13H2,2H3,(H,24,29)(H3,22,23,25,26). The number of rotatable bonds is 9. The third-order valence-electron chi connectivity index (χ3n) is 4.90. The van der Waals surface area contributed by atoms with E-state index in [1.54, 1.807) is 7.05 Å². The first-order chi connectivity index (χ1) is 14.0. The Morgan fingerprint density at radius 3 is 2.59 bits per heavy atom. The molecule has 1 aromatic heterocycles. The molecule has 1 saturated heterocycles. The number of ketones is 1. The van der Waals surface area contributed by atoms with E-state index in [-0.39, 0.29) is 23.6 Å². The van der Waals surface area contributed by atoms with E-state index in [0.717, 1.165) is 23.4 Å². The molecule has 0 aliphatic carbocycles. The zero-order valence-electron chi connectivity index (χ0n) is 16.5. The van der Waals surface area contributed by atoms with Gasteiger partial charge < -0.3 is 21.3 Å². The predicted octanol–water partition coefficient (Wildman–Crippen LogP) is 1.19. The van der Waals surface area contributed by atoms with Gasteiger partial charge >= 0.3 is 0 Å². The van der Waals surface area contributed by atoms with Crippen LogP contribution in [0.1, 0.15) is 11.1 Å². The van der Waals surface area contributed by atoms with Crippen LogP contribution in [0.4, 0.5) is 17.6 Å². The van der Waals surface area contributed by atoms with Crippen LogP contribution < -0.4 is 21.3 Å². The molecule has 8 nitrogen and oxygen atoms in total. The predicted molar refractivity (Wildman–Crippen MR) is 114 cm³/mol. The molecule has 0 unspecified atom stereocenters. The second-order valence-corrected chi connectivity index (χ2v) is 7.03. The van der Waals surface area contributed by atoms with Gasteiger partial charge in [0.15, 0.2) is 5.78 Å². The van der Waals surface area contributed by atoms with Gasteiger partial charge in [0.05, 0.1) is 5.92 Å². The van der Waals surface area contributed by atoms with Crippen molar-refractivity contribution in [2.45, 2.75) is 12.8 Å². The number of nitrogens with zero attached hydrogens (tertiary/aromatic N) is 3. The third-order valence-corrected chi connectivity index (χ3v) is 4.90. The second kappa shape index (κ2) is 9.18. The van der Waals surface area contributed by atoms with Gasteiger partial charge in [-0.05, 0) is 23.6 Å². The molecule has 29 heavy (non-hydrogen) atoms. The Morgan fingerprint density at radius 2 is 1.93 bits per heavy atom. The monoisotopic (exact) mass is 394 g/mol. The molecule has 1 aliphatic heterocycles. The van der Waals surface area contributed by atoms with Crippen molar-refractivity contribution >= 4 is 29.3 Å². The molecule has 8 heteroatoms. The van der Waals surface area contributed by atoms with Crippen LogP contribution >= 0.6 is 0 Å². The van der Waals surface area contributed by atoms with Crippen LogP contribution in [0.25, 0.3) is 0 Å². The molecule has 0 spiro atoms. The Labute approximate surface area is 170 Å². The van der Waals surface area contributed by atoms with Gasteiger partial charge in [0.2, 0.25) is 11.9 Å². The number of anilines is 3. The van der Waals surface area contributed by atoms with Crippen LogP contribution in [0.3, 0.4) is 0 Å². The number of hydrogen-bond donors (Lipinski definition) is 3. The van der Waals surface area contributed by atoms with Gasteiger partial charge in [-0.25, -0.2) is 0 Å².